The molecule has 0 atom stereocenters. The molecule has 1 amide bonds. The second kappa shape index (κ2) is 8.62. The van der Waals surface area contributed by atoms with Gasteiger partial charge in [0.05, 0.1) is 17.3 Å². The summed E-state index contributed by atoms with van der Waals surface area (Å²) in [5, 5.41) is 3.25. The third kappa shape index (κ3) is 4.51. The monoisotopic (exact) mass is 414 g/mol. The van der Waals surface area contributed by atoms with E-state index in [0.717, 1.165) is 0 Å². The van der Waals surface area contributed by atoms with E-state index in [1.54, 1.807) is 60.7 Å². The molecule has 0 unspecified atom stereocenters. The molecule has 0 aliphatic carbocycles. The minimum Gasteiger partial charge on any atom is -0.463 e. The van der Waals surface area contributed by atoms with Crippen LogP contribution < -0.4 is 5.32 Å². The van der Waals surface area contributed by atoms with Crippen molar-refractivity contribution in [3.8, 4) is 11.5 Å². The van der Waals surface area contributed by atoms with Gasteiger partial charge in [-0.25, -0.2) is 9.78 Å². The van der Waals surface area contributed by atoms with Crippen molar-refractivity contribution in [3.63, 3.8) is 0 Å². The van der Waals surface area contributed by atoms with Gasteiger partial charge in [0.2, 0.25) is 5.91 Å². The number of carbonyl (C=O) groups excluding carboxylic acids is 3. The van der Waals surface area contributed by atoms with Crippen molar-refractivity contribution >= 4 is 34.3 Å². The first-order valence-electron chi connectivity index (χ1n) is 9.53. The topological polar surface area (TPSA) is 98.5 Å². The van der Waals surface area contributed by atoms with Gasteiger partial charge in [0.25, 0.3) is 0 Å². The summed E-state index contributed by atoms with van der Waals surface area (Å²) >= 11 is 0. The number of carbonyl (C=O) groups is 3. The molecule has 4 aromatic rings. The molecule has 0 aliphatic heterocycles. The summed E-state index contributed by atoms with van der Waals surface area (Å²) in [5.74, 6) is -0.663. The van der Waals surface area contributed by atoms with Crippen LogP contribution in [0.2, 0.25) is 0 Å². The molecule has 154 valence electrons. The first kappa shape index (κ1) is 20.0. The highest BCUT2D eigenvalue weighted by atomic mass is 16.5. The Morgan fingerprint density at radius 1 is 1.00 bits per heavy atom. The highest BCUT2D eigenvalue weighted by Gasteiger charge is 2.18. The van der Waals surface area contributed by atoms with E-state index in [4.69, 9.17) is 9.15 Å². The lowest BCUT2D eigenvalue weighted by molar-refractivity contribution is -0.114. The zero-order valence-electron chi connectivity index (χ0n) is 16.6. The molecule has 0 saturated heterocycles. The van der Waals surface area contributed by atoms with Gasteiger partial charge in [0.1, 0.15) is 5.69 Å². The normalized spacial score (nSPS) is 10.6. The summed E-state index contributed by atoms with van der Waals surface area (Å²) in [6.45, 7) is 0.990. The number of hydrogen-bond donors (Lipinski definition) is 1. The first-order chi connectivity index (χ1) is 15.0. The number of hydrogen-bond acceptors (Lipinski definition) is 6. The lowest BCUT2D eigenvalue weighted by Crippen LogP contribution is -2.15. The molecular weight excluding hydrogens is 396 g/mol. The minimum atomic E-state index is -0.630. The molecule has 2 aromatic carbocycles. The number of nitrogens with one attached hydrogen (secondary N) is 1. The van der Waals surface area contributed by atoms with Crippen molar-refractivity contribution in [2.24, 2.45) is 0 Å². The predicted molar refractivity (Wildman–Crippen MR) is 115 cm³/mol. The quantitative estimate of drug-likeness (QED) is 0.369. The van der Waals surface area contributed by atoms with Crippen LogP contribution in [0, 0.1) is 0 Å². The second-order valence-corrected chi connectivity index (χ2v) is 6.81. The van der Waals surface area contributed by atoms with Gasteiger partial charge in [-0.1, -0.05) is 18.2 Å². The Balaban J connectivity index is 1.53. The third-order valence-corrected chi connectivity index (χ3v) is 4.57. The number of pyridine rings is 1. The summed E-state index contributed by atoms with van der Waals surface area (Å²) in [6.07, 6.45) is 1.53. The van der Waals surface area contributed by atoms with E-state index in [1.807, 2.05) is 6.07 Å². The van der Waals surface area contributed by atoms with Crippen LogP contribution in [0.1, 0.15) is 27.6 Å². The van der Waals surface area contributed by atoms with Crippen LogP contribution in [0.5, 0.6) is 0 Å². The summed E-state index contributed by atoms with van der Waals surface area (Å²) in [7, 11) is 0. The number of esters is 1. The maximum Gasteiger partial charge on any atom is 0.339 e. The number of nitrogens with zero attached hydrogens (tertiary/aromatic N) is 1. The van der Waals surface area contributed by atoms with Crippen molar-refractivity contribution in [1.82, 2.24) is 4.98 Å². The average molecular weight is 414 g/mol. The van der Waals surface area contributed by atoms with Crippen LogP contribution in [0.15, 0.2) is 77.4 Å². The summed E-state index contributed by atoms with van der Waals surface area (Å²) in [5.41, 5.74) is 2.36. The summed E-state index contributed by atoms with van der Waals surface area (Å²) in [4.78, 5) is 40.9. The van der Waals surface area contributed by atoms with Gasteiger partial charge in [0, 0.05) is 23.6 Å². The molecule has 2 heterocycles. The summed E-state index contributed by atoms with van der Waals surface area (Å²) < 4.78 is 10.7. The van der Waals surface area contributed by atoms with E-state index in [2.05, 4.69) is 10.3 Å². The van der Waals surface area contributed by atoms with Crippen molar-refractivity contribution in [1.29, 1.82) is 0 Å². The molecule has 0 radical (unpaired) electrons. The molecule has 31 heavy (non-hydrogen) atoms. The number of furan rings is 1. The van der Waals surface area contributed by atoms with Crippen molar-refractivity contribution in [2.75, 3.05) is 11.9 Å². The lowest BCUT2D eigenvalue weighted by Gasteiger charge is -2.09. The van der Waals surface area contributed by atoms with E-state index in [9.17, 15) is 14.4 Å². The highest BCUT2D eigenvalue weighted by molar-refractivity contribution is 6.06. The van der Waals surface area contributed by atoms with Crippen molar-refractivity contribution in [3.05, 3.63) is 84.1 Å². The van der Waals surface area contributed by atoms with Crippen LogP contribution >= 0.6 is 0 Å². The number of para-hydroxylation sites is 1. The molecule has 4 rings (SSSR count). The Morgan fingerprint density at radius 3 is 2.48 bits per heavy atom. The molecule has 2 aromatic heterocycles. The van der Waals surface area contributed by atoms with E-state index >= 15 is 0 Å². The Hall–Kier alpha value is -4.26. The number of amides is 1. The Bertz CT molecular complexity index is 1260. The van der Waals surface area contributed by atoms with E-state index in [1.165, 1.54) is 13.2 Å². The second-order valence-electron chi connectivity index (χ2n) is 6.81. The molecule has 1 N–H and O–H groups in total. The largest absolute Gasteiger partial charge is 0.463 e. The standard InChI is InChI=1S/C24H18N2O5/c1-15(27)25-17-10-8-16(9-11-17)22(28)14-31-24(29)19-13-21(23-7-4-12-30-23)26-20-6-3-2-5-18(19)20/h2-13H,14H2,1H3,(H,25,27). The summed E-state index contributed by atoms with van der Waals surface area (Å²) in [6, 6.07) is 18.6. The van der Waals surface area contributed by atoms with E-state index in [0.29, 0.717) is 39.2 Å². The number of benzene rings is 2. The maximum atomic E-state index is 12.8. The van der Waals surface area contributed by atoms with Crippen molar-refractivity contribution < 1.29 is 23.5 Å². The van der Waals surface area contributed by atoms with Gasteiger partial charge in [-0.2, -0.15) is 0 Å². The minimum absolute atomic E-state index is 0.202. The number of ketones is 1. The molecule has 0 bridgehead atoms. The average Bonchev–Trinajstić information content (AvgIpc) is 3.31. The number of anilines is 1. The predicted octanol–water partition coefficient (Wildman–Crippen LogP) is 4.49. The maximum absolute atomic E-state index is 12.8. The molecule has 0 spiro atoms. The fourth-order valence-corrected chi connectivity index (χ4v) is 3.13. The van der Waals surface area contributed by atoms with Crippen LogP contribution in [-0.2, 0) is 9.53 Å². The smallest absolute Gasteiger partial charge is 0.339 e. The van der Waals surface area contributed by atoms with E-state index < -0.39 is 12.6 Å². The van der Waals surface area contributed by atoms with Gasteiger partial charge in [-0.05, 0) is 48.5 Å². The third-order valence-electron chi connectivity index (χ3n) is 4.57. The molecule has 7 heteroatoms. The van der Waals surface area contributed by atoms with Gasteiger partial charge < -0.3 is 14.5 Å². The van der Waals surface area contributed by atoms with Crippen LogP contribution in [0.3, 0.4) is 0 Å². The van der Waals surface area contributed by atoms with Crippen LogP contribution in [-0.4, -0.2) is 29.3 Å². The Kier molecular flexibility index (Phi) is 5.57. The Morgan fingerprint density at radius 2 is 1.77 bits per heavy atom. The first-order valence-corrected chi connectivity index (χ1v) is 9.53. The van der Waals surface area contributed by atoms with Gasteiger partial charge >= 0.3 is 5.97 Å². The SMILES string of the molecule is CC(=O)Nc1ccc(C(=O)COC(=O)c2cc(-c3ccco3)nc3ccccc23)cc1. The highest BCUT2D eigenvalue weighted by Crippen LogP contribution is 2.25. The fourth-order valence-electron chi connectivity index (χ4n) is 3.13. The molecule has 0 saturated carbocycles. The van der Waals surface area contributed by atoms with Gasteiger partial charge in [0.15, 0.2) is 18.2 Å². The zero-order valence-corrected chi connectivity index (χ0v) is 16.6. The number of ether oxygens (including phenoxy) is 1. The number of Topliss-reactive ketones (excluding diaryl/α,β-unsaturated/α-hetero) is 1. The molecular formula is C24H18N2O5. The lowest BCUT2D eigenvalue weighted by atomic mass is 10.1. The number of aromatic nitrogens is 1. The van der Waals surface area contributed by atoms with Crippen molar-refractivity contribution in [2.45, 2.75) is 6.92 Å². The zero-order chi connectivity index (χ0) is 21.8. The Labute approximate surface area is 177 Å². The van der Waals surface area contributed by atoms with E-state index in [-0.39, 0.29) is 11.7 Å². The molecule has 0 fully saturated rings. The molecule has 0 aliphatic rings. The van der Waals surface area contributed by atoms with Gasteiger partial charge in [-0.3, -0.25) is 9.59 Å². The fraction of sp³-hybridized carbons (Fsp3) is 0.0833. The van der Waals surface area contributed by atoms with Gasteiger partial charge in [-0.15, -0.1) is 0 Å². The number of rotatable bonds is 6. The number of fused-ring (bicyclic) bond motifs is 1. The molecule has 7 nitrogen and oxygen atoms in total. The van der Waals surface area contributed by atoms with Crippen LogP contribution in [0.25, 0.3) is 22.4 Å². The van der Waals surface area contributed by atoms with Crippen LogP contribution in [0.4, 0.5) is 5.69 Å².